The predicted octanol–water partition coefficient (Wildman–Crippen LogP) is 3.07. The van der Waals surface area contributed by atoms with Gasteiger partial charge in [-0.1, -0.05) is 25.5 Å². The number of nitrogens with zero attached hydrogens (tertiary/aromatic N) is 2. The summed E-state index contributed by atoms with van der Waals surface area (Å²) in [6, 6.07) is 10.7. The number of nitrogens with two attached hydrogens (primary N) is 1. The molecule has 0 saturated carbocycles. The summed E-state index contributed by atoms with van der Waals surface area (Å²) in [5.74, 6) is 0.525. The summed E-state index contributed by atoms with van der Waals surface area (Å²) in [7, 11) is 0. The zero-order chi connectivity index (χ0) is 14.4. The van der Waals surface area contributed by atoms with E-state index in [0.717, 1.165) is 25.2 Å². The Balaban J connectivity index is 2.30. The molecular formula is C17H25N3. The second kappa shape index (κ2) is 7.42. The second-order valence-corrected chi connectivity index (χ2v) is 5.71. The van der Waals surface area contributed by atoms with Gasteiger partial charge in [0.05, 0.1) is 11.6 Å². The fourth-order valence-electron chi connectivity index (χ4n) is 3.34. The molecule has 0 amide bonds. The Morgan fingerprint density at radius 1 is 1.30 bits per heavy atom. The molecule has 1 aliphatic rings. The Kier molecular flexibility index (Phi) is 5.58. The summed E-state index contributed by atoms with van der Waals surface area (Å²) in [5, 5.41) is 8.94. The van der Waals surface area contributed by atoms with E-state index in [1.807, 2.05) is 12.1 Å². The molecule has 0 aliphatic carbocycles. The van der Waals surface area contributed by atoms with Gasteiger partial charge in [-0.15, -0.1) is 0 Å². The first-order chi connectivity index (χ1) is 9.80. The van der Waals surface area contributed by atoms with Crippen LogP contribution < -0.4 is 5.73 Å². The van der Waals surface area contributed by atoms with Crippen LogP contribution in [0, 0.1) is 17.2 Å². The number of hydrogen-bond donors (Lipinski definition) is 1. The van der Waals surface area contributed by atoms with Crippen LogP contribution in [0.15, 0.2) is 24.3 Å². The Morgan fingerprint density at radius 2 is 2.05 bits per heavy atom. The van der Waals surface area contributed by atoms with Gasteiger partial charge in [0.15, 0.2) is 0 Å². The van der Waals surface area contributed by atoms with Gasteiger partial charge in [0.1, 0.15) is 0 Å². The van der Waals surface area contributed by atoms with Gasteiger partial charge in [0.25, 0.3) is 0 Å². The van der Waals surface area contributed by atoms with Crippen molar-refractivity contribution in [3.8, 4) is 6.07 Å². The first-order valence-electron chi connectivity index (χ1n) is 7.74. The van der Waals surface area contributed by atoms with Crippen molar-refractivity contribution in [3.05, 3.63) is 35.4 Å². The lowest BCUT2D eigenvalue weighted by Crippen LogP contribution is -2.36. The van der Waals surface area contributed by atoms with Crippen LogP contribution in [0.1, 0.15) is 49.8 Å². The van der Waals surface area contributed by atoms with Crippen LogP contribution in [0.25, 0.3) is 0 Å². The third-order valence-electron chi connectivity index (χ3n) is 4.31. The van der Waals surface area contributed by atoms with Crippen LogP contribution in [0.5, 0.6) is 0 Å². The SMILES string of the molecule is CCCN1CCCCC(CN)C1c1ccc(C#N)cc1. The van der Waals surface area contributed by atoms with Crippen molar-refractivity contribution >= 4 is 0 Å². The molecule has 3 heteroatoms. The largest absolute Gasteiger partial charge is 0.330 e. The number of likely N-dealkylation sites (tertiary alicyclic amines) is 1. The van der Waals surface area contributed by atoms with E-state index in [-0.39, 0.29) is 0 Å². The average Bonchev–Trinajstić information content (AvgIpc) is 2.70. The van der Waals surface area contributed by atoms with Gasteiger partial charge < -0.3 is 5.73 Å². The van der Waals surface area contributed by atoms with Crippen molar-refractivity contribution in [2.45, 2.75) is 38.6 Å². The van der Waals surface area contributed by atoms with Crippen molar-refractivity contribution < 1.29 is 0 Å². The highest BCUT2D eigenvalue weighted by Gasteiger charge is 2.29. The van der Waals surface area contributed by atoms with E-state index in [2.05, 4.69) is 30.0 Å². The number of benzene rings is 1. The van der Waals surface area contributed by atoms with Gasteiger partial charge in [0, 0.05) is 6.04 Å². The highest BCUT2D eigenvalue weighted by atomic mass is 15.2. The van der Waals surface area contributed by atoms with Crippen molar-refractivity contribution in [3.63, 3.8) is 0 Å². The molecule has 2 unspecified atom stereocenters. The molecule has 1 aromatic rings. The third kappa shape index (κ3) is 3.39. The number of nitriles is 1. The number of hydrogen-bond acceptors (Lipinski definition) is 3. The molecule has 2 N–H and O–H groups in total. The minimum atomic E-state index is 0.412. The Labute approximate surface area is 122 Å². The van der Waals surface area contributed by atoms with Crippen LogP contribution >= 0.6 is 0 Å². The summed E-state index contributed by atoms with van der Waals surface area (Å²) in [5.41, 5.74) is 8.08. The maximum absolute atomic E-state index is 8.94. The maximum atomic E-state index is 8.94. The minimum absolute atomic E-state index is 0.412. The Hall–Kier alpha value is -1.37. The lowest BCUT2D eigenvalue weighted by molar-refractivity contribution is 0.158. The molecule has 0 aromatic heterocycles. The van der Waals surface area contributed by atoms with Crippen LogP contribution in [0.2, 0.25) is 0 Å². The van der Waals surface area contributed by atoms with E-state index in [1.54, 1.807) is 0 Å². The first kappa shape index (κ1) is 15.0. The van der Waals surface area contributed by atoms with Crippen molar-refractivity contribution in [2.24, 2.45) is 11.7 Å². The average molecular weight is 271 g/mol. The van der Waals surface area contributed by atoms with E-state index >= 15 is 0 Å². The molecule has 1 saturated heterocycles. The maximum Gasteiger partial charge on any atom is 0.0991 e. The van der Waals surface area contributed by atoms with E-state index < -0.39 is 0 Å². The van der Waals surface area contributed by atoms with E-state index in [4.69, 9.17) is 11.0 Å². The quantitative estimate of drug-likeness (QED) is 0.915. The first-order valence-corrected chi connectivity index (χ1v) is 7.74. The molecule has 108 valence electrons. The zero-order valence-electron chi connectivity index (χ0n) is 12.4. The van der Waals surface area contributed by atoms with Crippen molar-refractivity contribution in [2.75, 3.05) is 19.6 Å². The molecule has 2 rings (SSSR count). The molecule has 1 aromatic carbocycles. The molecule has 0 bridgehead atoms. The van der Waals surface area contributed by atoms with E-state index in [9.17, 15) is 0 Å². The van der Waals surface area contributed by atoms with Gasteiger partial charge in [-0.05, 0) is 62.5 Å². The highest BCUT2D eigenvalue weighted by molar-refractivity contribution is 5.33. The molecule has 0 radical (unpaired) electrons. The van der Waals surface area contributed by atoms with Crippen LogP contribution in [-0.2, 0) is 0 Å². The predicted molar refractivity (Wildman–Crippen MR) is 82.2 cm³/mol. The summed E-state index contributed by atoms with van der Waals surface area (Å²) < 4.78 is 0. The van der Waals surface area contributed by atoms with Gasteiger partial charge in [-0.3, -0.25) is 4.90 Å². The van der Waals surface area contributed by atoms with Crippen LogP contribution in [0.4, 0.5) is 0 Å². The molecule has 1 heterocycles. The zero-order valence-corrected chi connectivity index (χ0v) is 12.4. The molecule has 1 fully saturated rings. The Bertz CT molecular complexity index is 446. The monoisotopic (exact) mass is 271 g/mol. The van der Waals surface area contributed by atoms with Gasteiger partial charge in [-0.25, -0.2) is 0 Å². The lowest BCUT2D eigenvalue weighted by Gasteiger charge is -2.35. The standard InChI is InChI=1S/C17H25N3/c1-2-10-20-11-4-3-5-16(13-19)17(20)15-8-6-14(12-18)7-9-15/h6-9,16-17H,2-5,10-11,13,19H2,1H3. The third-order valence-corrected chi connectivity index (χ3v) is 4.31. The van der Waals surface area contributed by atoms with E-state index in [1.165, 1.54) is 31.2 Å². The van der Waals surface area contributed by atoms with Gasteiger partial charge in [0.2, 0.25) is 0 Å². The second-order valence-electron chi connectivity index (χ2n) is 5.71. The molecule has 1 aliphatic heterocycles. The summed E-state index contributed by atoms with van der Waals surface area (Å²) in [4.78, 5) is 2.59. The van der Waals surface area contributed by atoms with Crippen molar-refractivity contribution in [1.29, 1.82) is 5.26 Å². The minimum Gasteiger partial charge on any atom is -0.330 e. The van der Waals surface area contributed by atoms with Gasteiger partial charge in [-0.2, -0.15) is 5.26 Å². The highest BCUT2D eigenvalue weighted by Crippen LogP contribution is 2.34. The van der Waals surface area contributed by atoms with Crippen LogP contribution in [0.3, 0.4) is 0 Å². The normalized spacial score (nSPS) is 24.1. The lowest BCUT2D eigenvalue weighted by atomic mass is 9.89. The van der Waals surface area contributed by atoms with Crippen LogP contribution in [-0.4, -0.2) is 24.5 Å². The van der Waals surface area contributed by atoms with E-state index in [0.29, 0.717) is 12.0 Å². The molecule has 3 nitrogen and oxygen atoms in total. The fraction of sp³-hybridized carbons (Fsp3) is 0.588. The summed E-state index contributed by atoms with van der Waals surface area (Å²) >= 11 is 0. The Morgan fingerprint density at radius 3 is 2.65 bits per heavy atom. The summed E-state index contributed by atoms with van der Waals surface area (Å²) in [6.45, 7) is 5.26. The topological polar surface area (TPSA) is 53.0 Å². The molecule has 0 spiro atoms. The molecular weight excluding hydrogens is 246 g/mol. The summed E-state index contributed by atoms with van der Waals surface area (Å²) in [6.07, 6.45) is 4.92. The smallest absolute Gasteiger partial charge is 0.0991 e. The van der Waals surface area contributed by atoms with Crippen molar-refractivity contribution in [1.82, 2.24) is 4.90 Å². The molecule has 20 heavy (non-hydrogen) atoms. The van der Waals surface area contributed by atoms with Gasteiger partial charge >= 0.3 is 0 Å². The number of rotatable bonds is 4. The molecule has 2 atom stereocenters. The fourth-order valence-corrected chi connectivity index (χ4v) is 3.34.